The summed E-state index contributed by atoms with van der Waals surface area (Å²) in [5, 5.41) is 0. The minimum atomic E-state index is 0.116. The molecule has 0 aromatic heterocycles. The van der Waals surface area contributed by atoms with Crippen LogP contribution in [0.2, 0.25) is 0 Å². The minimum Gasteiger partial charge on any atom is -0.373 e. The molecule has 1 aromatic rings. The Bertz CT molecular complexity index is 432. The molecule has 2 heteroatoms. The van der Waals surface area contributed by atoms with E-state index in [9.17, 15) is 0 Å². The summed E-state index contributed by atoms with van der Waals surface area (Å²) in [6.45, 7) is 5.97. The van der Waals surface area contributed by atoms with Crippen molar-refractivity contribution in [2.45, 2.75) is 96.7 Å². The Hall–Kier alpha value is -0.860. The Labute approximate surface area is 155 Å². The highest BCUT2D eigenvalue weighted by Crippen LogP contribution is 2.25. The van der Waals surface area contributed by atoms with E-state index in [2.05, 4.69) is 38.1 Å². The van der Waals surface area contributed by atoms with Crippen molar-refractivity contribution in [3.05, 3.63) is 35.4 Å². The first-order valence-electron chi connectivity index (χ1n) is 10.7. The molecule has 1 aromatic carbocycles. The Morgan fingerprint density at radius 3 is 2.08 bits per heavy atom. The van der Waals surface area contributed by atoms with Crippen LogP contribution in [0.1, 0.15) is 95.3 Å². The third kappa shape index (κ3) is 7.92. The van der Waals surface area contributed by atoms with E-state index in [1.165, 1.54) is 75.3 Å². The van der Waals surface area contributed by atoms with Crippen molar-refractivity contribution in [3.63, 3.8) is 0 Å². The Kier molecular flexibility index (Phi) is 10.2. The highest BCUT2D eigenvalue weighted by Gasteiger charge is 2.23. The summed E-state index contributed by atoms with van der Waals surface area (Å²) in [5.41, 5.74) is 2.71. The SMILES string of the molecule is CCCCCCCc1ccc([C@H]2CO[C@H](CCCCCC)CO2)cc1. The van der Waals surface area contributed by atoms with Gasteiger partial charge in [0.1, 0.15) is 6.10 Å². The number of hydrogen-bond donors (Lipinski definition) is 0. The lowest BCUT2D eigenvalue weighted by molar-refractivity contribution is -0.137. The van der Waals surface area contributed by atoms with Crippen LogP contribution in [-0.2, 0) is 15.9 Å². The topological polar surface area (TPSA) is 18.5 Å². The van der Waals surface area contributed by atoms with Gasteiger partial charge in [-0.3, -0.25) is 0 Å². The van der Waals surface area contributed by atoms with Gasteiger partial charge in [-0.25, -0.2) is 0 Å². The summed E-state index contributed by atoms with van der Waals surface area (Å²) >= 11 is 0. The molecule has 2 atom stereocenters. The number of ether oxygens (including phenoxy) is 2. The smallest absolute Gasteiger partial charge is 0.106 e. The van der Waals surface area contributed by atoms with E-state index in [-0.39, 0.29) is 6.10 Å². The Morgan fingerprint density at radius 2 is 1.44 bits per heavy atom. The minimum absolute atomic E-state index is 0.116. The van der Waals surface area contributed by atoms with Gasteiger partial charge in [0.25, 0.3) is 0 Å². The van der Waals surface area contributed by atoms with Gasteiger partial charge in [0.2, 0.25) is 0 Å². The van der Waals surface area contributed by atoms with Crippen LogP contribution < -0.4 is 0 Å². The lowest BCUT2D eigenvalue weighted by Gasteiger charge is -2.30. The molecular formula is C23H38O2. The highest BCUT2D eigenvalue weighted by atomic mass is 16.6. The monoisotopic (exact) mass is 346 g/mol. The van der Waals surface area contributed by atoms with Crippen LogP contribution in [-0.4, -0.2) is 19.3 Å². The standard InChI is InChI=1S/C23H38O2/c1-3-5-7-9-10-12-20-14-16-21(17-15-20)23-19-24-22(18-25-23)13-11-8-6-4-2/h14-17,22-23H,3-13,18-19H2,1-2H3/t22-,23-/m1/s1. The van der Waals surface area contributed by atoms with Gasteiger partial charge < -0.3 is 9.47 Å². The molecule has 1 fully saturated rings. The largest absolute Gasteiger partial charge is 0.373 e. The molecule has 0 unspecified atom stereocenters. The predicted octanol–water partition coefficient (Wildman–Crippen LogP) is 6.63. The summed E-state index contributed by atoms with van der Waals surface area (Å²) in [4.78, 5) is 0. The molecular weight excluding hydrogens is 308 g/mol. The first-order chi connectivity index (χ1) is 12.3. The van der Waals surface area contributed by atoms with Crippen molar-refractivity contribution in [1.82, 2.24) is 0 Å². The zero-order valence-corrected chi connectivity index (χ0v) is 16.5. The fourth-order valence-corrected chi connectivity index (χ4v) is 3.53. The van der Waals surface area contributed by atoms with E-state index in [4.69, 9.17) is 9.47 Å². The summed E-state index contributed by atoms with van der Waals surface area (Å²) in [6.07, 6.45) is 14.7. The third-order valence-electron chi connectivity index (χ3n) is 5.27. The molecule has 25 heavy (non-hydrogen) atoms. The second-order valence-corrected chi connectivity index (χ2v) is 7.53. The predicted molar refractivity (Wildman–Crippen MR) is 106 cm³/mol. The highest BCUT2D eigenvalue weighted by molar-refractivity contribution is 5.24. The van der Waals surface area contributed by atoms with Crippen molar-refractivity contribution in [1.29, 1.82) is 0 Å². The van der Waals surface area contributed by atoms with Crippen LogP contribution in [0.15, 0.2) is 24.3 Å². The molecule has 1 aliphatic rings. The van der Waals surface area contributed by atoms with E-state index in [0.29, 0.717) is 12.7 Å². The average Bonchev–Trinajstić information content (AvgIpc) is 2.66. The number of benzene rings is 1. The van der Waals surface area contributed by atoms with Gasteiger partial charge in [-0.1, -0.05) is 89.5 Å². The second-order valence-electron chi connectivity index (χ2n) is 7.53. The lowest BCUT2D eigenvalue weighted by atomic mass is 10.0. The number of unbranched alkanes of at least 4 members (excludes halogenated alkanes) is 7. The quantitative estimate of drug-likeness (QED) is 0.396. The van der Waals surface area contributed by atoms with Crippen molar-refractivity contribution in [3.8, 4) is 0 Å². The lowest BCUT2D eigenvalue weighted by Crippen LogP contribution is -2.31. The number of hydrogen-bond acceptors (Lipinski definition) is 2. The Balaban J connectivity index is 1.65. The number of aryl methyl sites for hydroxylation is 1. The van der Waals surface area contributed by atoms with E-state index in [1.54, 1.807) is 0 Å². The van der Waals surface area contributed by atoms with Gasteiger partial charge >= 0.3 is 0 Å². The molecule has 0 saturated carbocycles. The molecule has 0 N–H and O–H groups in total. The molecule has 0 amide bonds. The van der Waals surface area contributed by atoms with E-state index < -0.39 is 0 Å². The Morgan fingerprint density at radius 1 is 0.760 bits per heavy atom. The molecule has 1 heterocycles. The van der Waals surface area contributed by atoms with E-state index >= 15 is 0 Å². The summed E-state index contributed by atoms with van der Waals surface area (Å²) in [5.74, 6) is 0. The molecule has 0 bridgehead atoms. The summed E-state index contributed by atoms with van der Waals surface area (Å²) in [7, 11) is 0. The molecule has 142 valence electrons. The van der Waals surface area contributed by atoms with Gasteiger partial charge in [0.15, 0.2) is 0 Å². The molecule has 2 nitrogen and oxygen atoms in total. The third-order valence-corrected chi connectivity index (χ3v) is 5.27. The maximum Gasteiger partial charge on any atom is 0.106 e. The fraction of sp³-hybridized carbons (Fsp3) is 0.739. The fourth-order valence-electron chi connectivity index (χ4n) is 3.53. The van der Waals surface area contributed by atoms with Crippen LogP contribution in [0, 0.1) is 0 Å². The molecule has 0 radical (unpaired) electrons. The van der Waals surface area contributed by atoms with Gasteiger partial charge in [-0.2, -0.15) is 0 Å². The van der Waals surface area contributed by atoms with E-state index in [0.717, 1.165) is 13.0 Å². The van der Waals surface area contributed by atoms with Crippen LogP contribution in [0.5, 0.6) is 0 Å². The zero-order chi connectivity index (χ0) is 17.7. The summed E-state index contributed by atoms with van der Waals surface area (Å²) in [6, 6.07) is 9.01. The molecule has 1 saturated heterocycles. The zero-order valence-electron chi connectivity index (χ0n) is 16.5. The van der Waals surface area contributed by atoms with Crippen LogP contribution in [0.3, 0.4) is 0 Å². The van der Waals surface area contributed by atoms with Crippen LogP contribution in [0.4, 0.5) is 0 Å². The normalized spacial score (nSPS) is 20.7. The first-order valence-corrected chi connectivity index (χ1v) is 10.7. The van der Waals surface area contributed by atoms with E-state index in [1.807, 2.05) is 0 Å². The van der Waals surface area contributed by atoms with Gasteiger partial charge in [-0.05, 0) is 30.4 Å². The van der Waals surface area contributed by atoms with Crippen molar-refractivity contribution in [2.24, 2.45) is 0 Å². The average molecular weight is 347 g/mol. The second kappa shape index (κ2) is 12.5. The molecule has 0 aliphatic carbocycles. The molecule has 0 spiro atoms. The summed E-state index contributed by atoms with van der Waals surface area (Å²) < 4.78 is 12.1. The molecule has 1 aliphatic heterocycles. The van der Waals surface area contributed by atoms with Gasteiger partial charge in [0, 0.05) is 0 Å². The first kappa shape index (κ1) is 20.5. The van der Waals surface area contributed by atoms with Crippen molar-refractivity contribution < 1.29 is 9.47 Å². The van der Waals surface area contributed by atoms with Crippen LogP contribution >= 0.6 is 0 Å². The maximum absolute atomic E-state index is 6.07. The molecule has 2 rings (SSSR count). The van der Waals surface area contributed by atoms with Crippen molar-refractivity contribution >= 4 is 0 Å². The van der Waals surface area contributed by atoms with Gasteiger partial charge in [0.05, 0.1) is 19.3 Å². The van der Waals surface area contributed by atoms with Gasteiger partial charge in [-0.15, -0.1) is 0 Å². The van der Waals surface area contributed by atoms with Crippen LogP contribution in [0.25, 0.3) is 0 Å². The number of rotatable bonds is 12. The van der Waals surface area contributed by atoms with Crippen molar-refractivity contribution in [2.75, 3.05) is 13.2 Å². The maximum atomic E-state index is 6.07.